The zero-order valence-corrected chi connectivity index (χ0v) is 16.5. The van der Waals surface area contributed by atoms with Gasteiger partial charge >= 0.3 is 0 Å². The highest BCUT2D eigenvalue weighted by Gasteiger charge is 2.24. The third-order valence-electron chi connectivity index (χ3n) is 5.18. The van der Waals surface area contributed by atoms with E-state index in [4.69, 9.17) is 4.74 Å². The lowest BCUT2D eigenvalue weighted by molar-refractivity contribution is -0.108. The summed E-state index contributed by atoms with van der Waals surface area (Å²) in [4.78, 5) is 17.0. The highest BCUT2D eigenvalue weighted by molar-refractivity contribution is 7.14. The fraction of sp³-hybridized carbons (Fsp3) is 0.750. The number of nitrogens with zero attached hydrogens (tertiary/aromatic N) is 2. The summed E-state index contributed by atoms with van der Waals surface area (Å²) in [5.74, 6) is 0.746. The second kappa shape index (κ2) is 9.15. The Bertz CT molecular complexity index is 550. The van der Waals surface area contributed by atoms with E-state index in [1.165, 1.54) is 30.1 Å². The van der Waals surface area contributed by atoms with Crippen molar-refractivity contribution < 1.29 is 9.53 Å². The van der Waals surface area contributed by atoms with Gasteiger partial charge in [0.25, 0.3) is 0 Å². The minimum Gasteiger partial charge on any atom is -0.481 e. The highest BCUT2D eigenvalue weighted by atomic mass is 32.1. The fourth-order valence-corrected chi connectivity index (χ4v) is 5.05. The van der Waals surface area contributed by atoms with Gasteiger partial charge in [0.05, 0.1) is 0 Å². The lowest BCUT2D eigenvalue weighted by atomic mass is 10.1. The molecule has 0 aliphatic carbocycles. The fourth-order valence-electron chi connectivity index (χ4n) is 3.88. The third kappa shape index (κ3) is 5.53. The van der Waals surface area contributed by atoms with Crippen molar-refractivity contribution in [3.8, 4) is 5.06 Å². The minimum absolute atomic E-state index is 0.382. The summed E-state index contributed by atoms with van der Waals surface area (Å²) in [7, 11) is 0. The van der Waals surface area contributed by atoms with Crippen LogP contribution in [-0.4, -0.2) is 54.9 Å². The summed E-state index contributed by atoms with van der Waals surface area (Å²) in [5, 5.41) is 1.11. The van der Waals surface area contributed by atoms with Crippen LogP contribution in [0.2, 0.25) is 0 Å². The van der Waals surface area contributed by atoms with Crippen LogP contribution in [0.4, 0.5) is 0 Å². The smallest absolute Gasteiger partial charge is 0.174 e. The van der Waals surface area contributed by atoms with Crippen LogP contribution < -0.4 is 4.74 Å². The van der Waals surface area contributed by atoms with Gasteiger partial charge in [0.1, 0.15) is 12.4 Å². The van der Waals surface area contributed by atoms with Crippen LogP contribution in [0.5, 0.6) is 5.06 Å². The van der Waals surface area contributed by atoms with Crippen LogP contribution >= 0.6 is 11.3 Å². The van der Waals surface area contributed by atoms with Gasteiger partial charge in [-0.1, -0.05) is 13.8 Å². The normalized spacial score (nSPS) is 20.0. The number of rotatable bonds is 8. The van der Waals surface area contributed by atoms with E-state index in [0.29, 0.717) is 12.5 Å². The molecule has 0 aromatic carbocycles. The molecule has 0 spiro atoms. The van der Waals surface area contributed by atoms with Gasteiger partial charge in [-0.3, -0.25) is 4.90 Å². The Kier molecular flexibility index (Phi) is 6.91. The zero-order chi connectivity index (χ0) is 17.6. The first kappa shape index (κ1) is 18.9. The third-order valence-corrected chi connectivity index (χ3v) is 6.23. The molecule has 140 valence electrons. The number of carbonyl (C=O) groups excluding carboxylic acids is 1. The molecule has 1 aromatic heterocycles. The molecule has 3 heterocycles. The first-order chi connectivity index (χ1) is 12.1. The molecule has 2 aliphatic heterocycles. The van der Waals surface area contributed by atoms with Gasteiger partial charge in [0.15, 0.2) is 5.06 Å². The largest absolute Gasteiger partial charge is 0.481 e. The van der Waals surface area contributed by atoms with Gasteiger partial charge in [-0.25, -0.2) is 0 Å². The number of carbonyl (C=O) groups is 1. The summed E-state index contributed by atoms with van der Waals surface area (Å²) in [5.41, 5.74) is 1.48. The molecule has 1 aromatic rings. The van der Waals surface area contributed by atoms with Gasteiger partial charge in [0, 0.05) is 44.0 Å². The predicted octanol–water partition coefficient (Wildman–Crippen LogP) is 3.58. The van der Waals surface area contributed by atoms with E-state index in [-0.39, 0.29) is 0 Å². The molecule has 4 nitrogen and oxygen atoms in total. The summed E-state index contributed by atoms with van der Waals surface area (Å²) >= 11 is 1.84. The van der Waals surface area contributed by atoms with Crippen molar-refractivity contribution in [2.24, 2.45) is 5.92 Å². The van der Waals surface area contributed by atoms with E-state index in [2.05, 4.69) is 29.7 Å². The molecule has 2 aliphatic rings. The van der Waals surface area contributed by atoms with Crippen molar-refractivity contribution in [2.45, 2.75) is 58.6 Å². The number of hydrogen-bond donors (Lipinski definition) is 0. The van der Waals surface area contributed by atoms with Crippen LogP contribution in [0.25, 0.3) is 0 Å². The molecule has 0 amide bonds. The molecule has 0 unspecified atom stereocenters. The molecule has 25 heavy (non-hydrogen) atoms. The summed E-state index contributed by atoms with van der Waals surface area (Å²) in [6.07, 6.45) is 6.47. The monoisotopic (exact) mass is 364 g/mol. The molecule has 0 N–H and O–H groups in total. The molecule has 0 atom stereocenters. The Hall–Kier alpha value is -0.910. The molecule has 1 fully saturated rings. The molecule has 0 saturated carbocycles. The van der Waals surface area contributed by atoms with Gasteiger partial charge in [-0.2, -0.15) is 0 Å². The summed E-state index contributed by atoms with van der Waals surface area (Å²) in [6, 6.07) is 2.28. The molecular weight excluding hydrogens is 332 g/mol. The van der Waals surface area contributed by atoms with Crippen molar-refractivity contribution >= 4 is 17.6 Å². The van der Waals surface area contributed by atoms with Crippen molar-refractivity contribution in [1.82, 2.24) is 9.80 Å². The zero-order valence-electron chi connectivity index (χ0n) is 15.7. The molecule has 5 heteroatoms. The second-order valence-electron chi connectivity index (χ2n) is 7.86. The van der Waals surface area contributed by atoms with Crippen LogP contribution in [-0.2, 0) is 17.8 Å². The molecule has 1 saturated heterocycles. The van der Waals surface area contributed by atoms with Crippen molar-refractivity contribution in [1.29, 1.82) is 0 Å². The Morgan fingerprint density at radius 1 is 1.28 bits per heavy atom. The van der Waals surface area contributed by atoms with E-state index in [9.17, 15) is 4.79 Å². The number of unbranched alkanes of at least 4 members (excludes halogenated alkanes) is 1. The maximum Gasteiger partial charge on any atom is 0.174 e. The quantitative estimate of drug-likeness (QED) is 0.521. The lowest BCUT2D eigenvalue weighted by Crippen LogP contribution is -2.39. The van der Waals surface area contributed by atoms with Gasteiger partial charge < -0.3 is 14.4 Å². The maximum atomic E-state index is 10.5. The number of likely N-dealkylation sites (tertiary alicyclic amines) is 1. The van der Waals surface area contributed by atoms with E-state index in [0.717, 1.165) is 62.6 Å². The molecule has 0 bridgehead atoms. The lowest BCUT2D eigenvalue weighted by Gasteiger charge is -2.32. The van der Waals surface area contributed by atoms with Crippen LogP contribution in [0, 0.1) is 5.92 Å². The van der Waals surface area contributed by atoms with Gasteiger partial charge in [-0.05, 0) is 49.8 Å². The summed E-state index contributed by atoms with van der Waals surface area (Å²) < 4.78 is 6.32. The first-order valence-corrected chi connectivity index (χ1v) is 10.6. The molecule has 0 radical (unpaired) electrons. The molecular formula is C20H32N2O2S. The highest BCUT2D eigenvalue weighted by Crippen LogP contribution is 2.35. The van der Waals surface area contributed by atoms with Crippen molar-refractivity contribution in [2.75, 3.05) is 32.7 Å². The SMILES string of the molecule is CC(C)CN1CCC(Oc2cc3c(s2)CN(CCCC=O)CC3)CC1. The number of piperidine rings is 1. The van der Waals surface area contributed by atoms with Crippen molar-refractivity contribution in [3.05, 3.63) is 16.5 Å². The standard InChI is InChI=1S/C20H32N2O2S/c1-16(2)14-22-10-6-18(7-11-22)24-20-13-17-5-9-21(8-3-4-12-23)15-19(17)25-20/h12-13,16,18H,3-11,14-15H2,1-2H3. The Morgan fingerprint density at radius 2 is 2.08 bits per heavy atom. The van der Waals surface area contributed by atoms with Crippen LogP contribution in [0.3, 0.4) is 0 Å². The minimum atomic E-state index is 0.382. The number of ether oxygens (including phenoxy) is 1. The second-order valence-corrected chi connectivity index (χ2v) is 8.96. The first-order valence-electron chi connectivity index (χ1n) is 9.80. The van der Waals surface area contributed by atoms with Crippen LogP contribution in [0.1, 0.15) is 50.0 Å². The number of hydrogen-bond acceptors (Lipinski definition) is 5. The Labute approximate surface area is 156 Å². The maximum absolute atomic E-state index is 10.5. The summed E-state index contributed by atoms with van der Waals surface area (Å²) in [6.45, 7) is 11.3. The van der Waals surface area contributed by atoms with Gasteiger partial charge in [-0.15, -0.1) is 11.3 Å². The van der Waals surface area contributed by atoms with E-state index in [1.54, 1.807) is 0 Å². The van der Waals surface area contributed by atoms with Gasteiger partial charge in [0.2, 0.25) is 0 Å². The van der Waals surface area contributed by atoms with Crippen molar-refractivity contribution in [3.63, 3.8) is 0 Å². The Balaban J connectivity index is 1.47. The topological polar surface area (TPSA) is 32.8 Å². The predicted molar refractivity (Wildman–Crippen MR) is 104 cm³/mol. The average molecular weight is 365 g/mol. The van der Waals surface area contributed by atoms with E-state index >= 15 is 0 Å². The van der Waals surface area contributed by atoms with E-state index < -0.39 is 0 Å². The van der Waals surface area contributed by atoms with E-state index in [1.807, 2.05) is 11.3 Å². The number of fused-ring (bicyclic) bond motifs is 1. The molecule has 3 rings (SSSR count). The number of thiophene rings is 1. The number of aldehydes is 1. The average Bonchev–Trinajstić information content (AvgIpc) is 2.98. The Morgan fingerprint density at radius 3 is 2.80 bits per heavy atom. The van der Waals surface area contributed by atoms with Crippen LogP contribution in [0.15, 0.2) is 6.07 Å².